The summed E-state index contributed by atoms with van der Waals surface area (Å²) < 4.78 is 22.4. The first kappa shape index (κ1) is 31.7. The maximum Gasteiger partial charge on any atom is 0.338 e. The maximum atomic E-state index is 14.0. The molecule has 1 aromatic heterocycles. The predicted molar refractivity (Wildman–Crippen MR) is 183 cm³/mol. The Hall–Kier alpha value is -2.74. The van der Waals surface area contributed by atoms with Crippen LogP contribution in [0.1, 0.15) is 43.5 Å². The molecule has 1 atom stereocenters. The summed E-state index contributed by atoms with van der Waals surface area (Å²) in [7, 11) is 0. The molecule has 0 spiro atoms. The lowest BCUT2D eigenvalue weighted by Gasteiger charge is -2.24. The maximum absolute atomic E-state index is 14.0. The lowest BCUT2D eigenvalue weighted by molar-refractivity contribution is -0.139. The van der Waals surface area contributed by atoms with Gasteiger partial charge in [-0.3, -0.25) is 9.36 Å². The molecule has 0 saturated heterocycles. The van der Waals surface area contributed by atoms with Crippen LogP contribution in [0.5, 0.6) is 11.5 Å². The highest BCUT2D eigenvalue weighted by Gasteiger charge is 2.33. The van der Waals surface area contributed by atoms with Crippen molar-refractivity contribution in [2.75, 3.05) is 13.2 Å². The van der Waals surface area contributed by atoms with E-state index in [1.165, 1.54) is 11.3 Å². The minimum absolute atomic E-state index is 0.219. The number of rotatable bonds is 9. The van der Waals surface area contributed by atoms with Gasteiger partial charge in [0.25, 0.3) is 5.56 Å². The van der Waals surface area contributed by atoms with Crippen molar-refractivity contribution >= 4 is 77.8 Å². The van der Waals surface area contributed by atoms with Gasteiger partial charge in [0.15, 0.2) is 16.3 Å². The fraction of sp³-hybridized carbons (Fsp3) is 0.219. The second kappa shape index (κ2) is 13.9. The molecule has 0 unspecified atom stereocenters. The molecule has 7 nitrogen and oxygen atoms in total. The Morgan fingerprint density at radius 2 is 1.70 bits per heavy atom. The Morgan fingerprint density at radius 3 is 2.35 bits per heavy atom. The largest absolute Gasteiger partial charge is 0.490 e. The summed E-state index contributed by atoms with van der Waals surface area (Å²) in [5.74, 6) is 0.758. The molecule has 11 heteroatoms. The van der Waals surface area contributed by atoms with Crippen LogP contribution in [0.15, 0.2) is 90.7 Å². The molecular formula is C32H27Br2IN2O5S. The molecule has 0 aliphatic carbocycles. The molecule has 1 aliphatic heterocycles. The van der Waals surface area contributed by atoms with Gasteiger partial charge in [-0.25, -0.2) is 9.79 Å². The van der Waals surface area contributed by atoms with Gasteiger partial charge in [-0.1, -0.05) is 67.5 Å². The lowest BCUT2D eigenvalue weighted by atomic mass is 9.96. The van der Waals surface area contributed by atoms with E-state index in [0.29, 0.717) is 45.3 Å². The van der Waals surface area contributed by atoms with E-state index in [1.54, 1.807) is 18.4 Å². The molecule has 0 N–H and O–H groups in total. The number of hydrogen-bond donors (Lipinski definition) is 0. The van der Waals surface area contributed by atoms with Crippen molar-refractivity contribution in [2.24, 2.45) is 4.99 Å². The quantitative estimate of drug-likeness (QED) is 0.136. The first-order valence-electron chi connectivity index (χ1n) is 13.5. The van der Waals surface area contributed by atoms with Crippen LogP contribution in [-0.4, -0.2) is 23.8 Å². The number of ether oxygens (including phenoxy) is 3. The van der Waals surface area contributed by atoms with Gasteiger partial charge in [0.05, 0.1) is 38.6 Å². The van der Waals surface area contributed by atoms with E-state index in [-0.39, 0.29) is 12.2 Å². The van der Waals surface area contributed by atoms with Crippen molar-refractivity contribution in [1.82, 2.24) is 4.57 Å². The van der Waals surface area contributed by atoms with Gasteiger partial charge >= 0.3 is 5.97 Å². The molecule has 2 heterocycles. The lowest BCUT2D eigenvalue weighted by Crippen LogP contribution is -2.39. The minimum Gasteiger partial charge on any atom is -0.490 e. The second-order valence-electron chi connectivity index (χ2n) is 9.53. The van der Waals surface area contributed by atoms with Gasteiger partial charge in [-0.15, -0.1) is 0 Å². The highest BCUT2D eigenvalue weighted by Crippen LogP contribution is 2.35. The molecule has 0 saturated carbocycles. The van der Waals surface area contributed by atoms with Crippen LogP contribution in [-0.2, 0) is 16.1 Å². The van der Waals surface area contributed by atoms with Crippen LogP contribution >= 0.6 is 65.8 Å². The molecule has 222 valence electrons. The summed E-state index contributed by atoms with van der Waals surface area (Å²) >= 11 is 10.4. The van der Waals surface area contributed by atoms with Crippen LogP contribution in [0.3, 0.4) is 0 Å². The van der Waals surface area contributed by atoms with E-state index >= 15 is 0 Å². The molecule has 0 fully saturated rings. The molecule has 5 rings (SSSR count). The van der Waals surface area contributed by atoms with Gasteiger partial charge < -0.3 is 14.2 Å². The van der Waals surface area contributed by atoms with Gasteiger partial charge in [0, 0.05) is 8.95 Å². The summed E-state index contributed by atoms with van der Waals surface area (Å²) in [5, 5.41) is 0. The van der Waals surface area contributed by atoms with Gasteiger partial charge in [0.1, 0.15) is 6.61 Å². The SMILES string of the molecule is CCOC(=O)C1=C(C)N=c2s/c(=C\c3cc(I)c(OCc4ccc(Br)cc4)c(OCC)c3)c(=O)n2[C@H]1c1ccc(Br)cc1. The van der Waals surface area contributed by atoms with E-state index in [0.717, 1.165) is 29.2 Å². The van der Waals surface area contributed by atoms with E-state index in [2.05, 4.69) is 59.4 Å². The molecule has 0 amide bonds. The number of aromatic nitrogens is 1. The van der Waals surface area contributed by atoms with E-state index < -0.39 is 12.0 Å². The Bertz CT molecular complexity index is 1880. The number of fused-ring (bicyclic) bond motifs is 1. The molecule has 1 aliphatic rings. The first-order chi connectivity index (χ1) is 20.7. The summed E-state index contributed by atoms with van der Waals surface area (Å²) in [6, 6.07) is 18.7. The van der Waals surface area contributed by atoms with Gasteiger partial charge in [-0.05, 0) is 103 Å². The van der Waals surface area contributed by atoms with Crippen molar-refractivity contribution in [2.45, 2.75) is 33.4 Å². The molecular weight excluding hydrogens is 811 g/mol. The fourth-order valence-electron chi connectivity index (χ4n) is 4.71. The number of benzene rings is 3. The monoisotopic (exact) mass is 836 g/mol. The van der Waals surface area contributed by atoms with Crippen molar-refractivity contribution in [3.63, 3.8) is 0 Å². The zero-order valence-electron chi connectivity index (χ0n) is 23.5. The average Bonchev–Trinajstić information content (AvgIpc) is 3.27. The Balaban J connectivity index is 1.58. The standard InChI is InChI=1S/C32H27Br2IN2O5S/c1-4-40-25-15-20(14-24(35)29(25)42-17-19-6-10-22(33)11-7-19)16-26-30(38)37-28(21-8-12-23(34)13-9-21)27(31(39)41-5-2)18(3)36-32(37)43-26/h6-16,28H,4-5,17H2,1-3H3/b26-16-/t28-/m0/s1. The molecule has 0 bridgehead atoms. The van der Waals surface area contributed by atoms with E-state index in [9.17, 15) is 9.59 Å². The summed E-state index contributed by atoms with van der Waals surface area (Å²) in [6.45, 7) is 6.52. The minimum atomic E-state index is -0.668. The van der Waals surface area contributed by atoms with E-state index in [1.807, 2.05) is 73.7 Å². The van der Waals surface area contributed by atoms with E-state index in [4.69, 9.17) is 14.2 Å². The van der Waals surface area contributed by atoms with Crippen LogP contribution < -0.4 is 24.4 Å². The molecule has 4 aromatic rings. The normalized spacial score (nSPS) is 14.7. The first-order valence-corrected chi connectivity index (χ1v) is 17.0. The Labute approximate surface area is 283 Å². The van der Waals surface area contributed by atoms with Gasteiger partial charge in [0.2, 0.25) is 0 Å². The topological polar surface area (TPSA) is 79.1 Å². The smallest absolute Gasteiger partial charge is 0.338 e. The summed E-state index contributed by atoms with van der Waals surface area (Å²) in [6.07, 6.45) is 1.83. The van der Waals surface area contributed by atoms with Crippen molar-refractivity contribution < 1.29 is 19.0 Å². The highest BCUT2D eigenvalue weighted by molar-refractivity contribution is 14.1. The van der Waals surface area contributed by atoms with Crippen LogP contribution in [0, 0.1) is 3.57 Å². The number of esters is 1. The number of allylic oxidation sites excluding steroid dienone is 1. The second-order valence-corrected chi connectivity index (χ2v) is 13.5. The third-order valence-corrected chi connectivity index (χ3v) is 9.47. The number of thiazole rings is 1. The summed E-state index contributed by atoms with van der Waals surface area (Å²) in [4.78, 5) is 32.3. The zero-order valence-corrected chi connectivity index (χ0v) is 29.7. The number of hydrogen-bond acceptors (Lipinski definition) is 7. The predicted octanol–water partition coefficient (Wildman–Crippen LogP) is 6.91. The summed E-state index contributed by atoms with van der Waals surface area (Å²) in [5.41, 5.74) is 3.24. The molecule has 43 heavy (non-hydrogen) atoms. The number of carbonyl (C=O) groups excluding carboxylic acids is 1. The Kier molecular flexibility index (Phi) is 10.3. The Morgan fingerprint density at radius 1 is 1.02 bits per heavy atom. The average molecular weight is 838 g/mol. The number of halogens is 3. The van der Waals surface area contributed by atoms with Crippen LogP contribution in [0.2, 0.25) is 0 Å². The van der Waals surface area contributed by atoms with Gasteiger partial charge in [-0.2, -0.15) is 0 Å². The number of carbonyl (C=O) groups is 1. The fourth-order valence-corrected chi connectivity index (χ4v) is 7.07. The third kappa shape index (κ3) is 7.00. The van der Waals surface area contributed by atoms with Crippen molar-refractivity contribution in [1.29, 1.82) is 0 Å². The molecule has 0 radical (unpaired) electrons. The number of nitrogens with zero attached hydrogens (tertiary/aromatic N) is 2. The van der Waals surface area contributed by atoms with Crippen molar-refractivity contribution in [3.8, 4) is 11.5 Å². The van der Waals surface area contributed by atoms with Crippen molar-refractivity contribution in [3.05, 3.63) is 121 Å². The van der Waals surface area contributed by atoms with Crippen LogP contribution in [0.25, 0.3) is 6.08 Å². The third-order valence-electron chi connectivity index (χ3n) is 6.63. The molecule has 3 aromatic carbocycles. The zero-order chi connectivity index (χ0) is 30.7. The highest BCUT2D eigenvalue weighted by atomic mass is 127. The van der Waals surface area contributed by atoms with Crippen LogP contribution in [0.4, 0.5) is 0 Å².